The van der Waals surface area contributed by atoms with Crippen molar-refractivity contribution < 1.29 is 8.83 Å². The van der Waals surface area contributed by atoms with E-state index in [9.17, 15) is 0 Å². The predicted molar refractivity (Wildman–Crippen MR) is 188 cm³/mol. The molecule has 214 valence electrons. The first-order valence-corrected chi connectivity index (χ1v) is 15.4. The number of hydrogen-bond donors (Lipinski definition) is 0. The Hall–Kier alpha value is -6.26. The quantitative estimate of drug-likeness (QED) is 0.206. The zero-order valence-corrected chi connectivity index (χ0v) is 24.6. The lowest BCUT2D eigenvalue weighted by Crippen LogP contribution is -1.95. The van der Waals surface area contributed by atoms with Crippen LogP contribution in [-0.4, -0.2) is 9.97 Å². The summed E-state index contributed by atoms with van der Waals surface area (Å²) in [5.41, 5.74) is 9.02. The van der Waals surface area contributed by atoms with Gasteiger partial charge in [-0.05, 0) is 63.7 Å². The number of hydrogen-bond acceptors (Lipinski definition) is 4. The Morgan fingerprint density at radius 3 is 1.98 bits per heavy atom. The molecule has 0 bridgehead atoms. The lowest BCUT2D eigenvalue weighted by molar-refractivity contribution is 0.667. The van der Waals surface area contributed by atoms with Gasteiger partial charge in [0.25, 0.3) is 0 Å². The van der Waals surface area contributed by atoms with E-state index in [1.54, 1.807) is 0 Å². The minimum Gasteiger partial charge on any atom is -0.455 e. The molecule has 0 aliphatic rings. The van der Waals surface area contributed by atoms with Crippen molar-refractivity contribution in [1.29, 1.82) is 0 Å². The first-order valence-electron chi connectivity index (χ1n) is 15.4. The highest BCUT2D eigenvalue weighted by atomic mass is 16.3. The molecule has 0 radical (unpaired) electrons. The number of aromatic nitrogens is 2. The second-order valence-electron chi connectivity index (χ2n) is 11.8. The molecule has 4 heteroatoms. The van der Waals surface area contributed by atoms with Gasteiger partial charge in [0.1, 0.15) is 28.0 Å². The van der Waals surface area contributed by atoms with Gasteiger partial charge in [0.15, 0.2) is 11.4 Å². The Kier molecular flexibility index (Phi) is 5.25. The molecule has 0 amide bonds. The molecule has 0 saturated carbocycles. The van der Waals surface area contributed by atoms with Gasteiger partial charge in [-0.2, -0.15) is 0 Å². The maximum atomic E-state index is 6.54. The third-order valence-electron chi connectivity index (χ3n) is 9.07. The molecule has 10 rings (SSSR count). The van der Waals surface area contributed by atoms with E-state index in [1.165, 1.54) is 10.9 Å². The minimum atomic E-state index is 0.647. The third-order valence-corrected chi connectivity index (χ3v) is 9.07. The molecule has 3 heterocycles. The zero-order chi connectivity index (χ0) is 30.2. The molecule has 0 N–H and O–H groups in total. The fourth-order valence-corrected chi connectivity index (χ4v) is 6.84. The summed E-state index contributed by atoms with van der Waals surface area (Å²) in [6.45, 7) is 0. The number of benzene rings is 7. The Morgan fingerprint density at radius 2 is 1.09 bits per heavy atom. The van der Waals surface area contributed by atoms with Crippen molar-refractivity contribution in [2.75, 3.05) is 0 Å². The first kappa shape index (κ1) is 25.1. The van der Waals surface area contributed by atoms with E-state index >= 15 is 0 Å². The van der Waals surface area contributed by atoms with Crippen LogP contribution in [0.5, 0.6) is 0 Å². The molecule has 0 spiro atoms. The highest BCUT2D eigenvalue weighted by Crippen LogP contribution is 2.42. The third kappa shape index (κ3) is 3.74. The molecular formula is C42H24N2O2. The van der Waals surface area contributed by atoms with E-state index in [4.69, 9.17) is 18.8 Å². The lowest BCUT2D eigenvalue weighted by Gasteiger charge is -2.10. The van der Waals surface area contributed by atoms with Crippen molar-refractivity contribution in [1.82, 2.24) is 9.97 Å². The van der Waals surface area contributed by atoms with Crippen LogP contribution in [0, 0.1) is 0 Å². The normalized spacial score (nSPS) is 11.9. The van der Waals surface area contributed by atoms with E-state index in [1.807, 2.05) is 24.3 Å². The fraction of sp³-hybridized carbons (Fsp3) is 0. The van der Waals surface area contributed by atoms with Gasteiger partial charge < -0.3 is 8.83 Å². The van der Waals surface area contributed by atoms with Gasteiger partial charge in [-0.3, -0.25) is 0 Å². The number of rotatable bonds is 3. The summed E-state index contributed by atoms with van der Waals surface area (Å²) < 4.78 is 13.0. The molecule has 0 unspecified atom stereocenters. The maximum absolute atomic E-state index is 6.54. The summed E-state index contributed by atoms with van der Waals surface area (Å²) in [6.07, 6.45) is 0. The van der Waals surface area contributed by atoms with Crippen LogP contribution in [0.15, 0.2) is 154 Å². The summed E-state index contributed by atoms with van der Waals surface area (Å²) >= 11 is 0. The maximum Gasteiger partial charge on any atom is 0.180 e. The number of furan rings is 2. The Labute approximate surface area is 263 Å². The summed E-state index contributed by atoms with van der Waals surface area (Å²) in [7, 11) is 0. The second-order valence-corrected chi connectivity index (χ2v) is 11.8. The Bertz CT molecular complexity index is 2810. The van der Waals surface area contributed by atoms with Gasteiger partial charge in [0, 0.05) is 32.7 Å². The van der Waals surface area contributed by atoms with Crippen molar-refractivity contribution in [2.45, 2.75) is 0 Å². The van der Waals surface area contributed by atoms with E-state index < -0.39 is 0 Å². The van der Waals surface area contributed by atoms with Gasteiger partial charge in [-0.15, -0.1) is 0 Å². The van der Waals surface area contributed by atoms with Gasteiger partial charge in [0.05, 0.1) is 0 Å². The summed E-state index contributed by atoms with van der Waals surface area (Å²) in [4.78, 5) is 10.5. The van der Waals surface area contributed by atoms with Gasteiger partial charge in [-0.1, -0.05) is 109 Å². The fourth-order valence-electron chi connectivity index (χ4n) is 6.84. The van der Waals surface area contributed by atoms with Crippen LogP contribution < -0.4 is 0 Å². The molecule has 0 atom stereocenters. The van der Waals surface area contributed by atoms with Crippen LogP contribution >= 0.6 is 0 Å². The SMILES string of the molecule is c1ccc(-c2ccc3oc4c5ccccc5c(-c5nc(-c6ccc7ccccc7c6)c6oc7ccccc7c6n5)cc4c3c2)cc1. The highest BCUT2D eigenvalue weighted by molar-refractivity contribution is 6.19. The summed E-state index contributed by atoms with van der Waals surface area (Å²) in [6, 6.07) is 50.3. The average molecular weight is 589 g/mol. The molecule has 46 heavy (non-hydrogen) atoms. The van der Waals surface area contributed by atoms with Crippen LogP contribution in [0.1, 0.15) is 0 Å². The first-order chi connectivity index (χ1) is 22.8. The molecule has 0 aliphatic heterocycles. The monoisotopic (exact) mass is 588 g/mol. The van der Waals surface area contributed by atoms with Crippen LogP contribution in [0.25, 0.3) is 99.3 Å². The Balaban J connectivity index is 1.29. The van der Waals surface area contributed by atoms with Gasteiger partial charge >= 0.3 is 0 Å². The molecular weight excluding hydrogens is 564 g/mol. The van der Waals surface area contributed by atoms with Crippen molar-refractivity contribution in [3.05, 3.63) is 146 Å². The summed E-state index contributed by atoms with van der Waals surface area (Å²) in [5.74, 6) is 0.647. The number of nitrogens with zero attached hydrogens (tertiary/aromatic N) is 2. The van der Waals surface area contributed by atoms with Gasteiger partial charge in [0.2, 0.25) is 0 Å². The second kappa shape index (κ2) is 9.62. The molecule has 0 saturated heterocycles. The van der Waals surface area contributed by atoms with E-state index in [2.05, 4.69) is 121 Å². The standard InChI is InChI=1S/C42H24N2O2/c1-2-10-25(11-3-1)28-20-21-37-33(23-28)34-24-35(30-14-6-7-15-31(30)40(34)45-37)42-43-38(29-19-18-26-12-4-5-13-27(26)22-29)41-39(44-42)32-16-8-9-17-36(32)46-41/h1-24H. The summed E-state index contributed by atoms with van der Waals surface area (Å²) in [5, 5.41) is 7.46. The van der Waals surface area contributed by atoms with Crippen molar-refractivity contribution in [3.63, 3.8) is 0 Å². The van der Waals surface area contributed by atoms with Crippen molar-refractivity contribution in [2.24, 2.45) is 0 Å². The zero-order valence-electron chi connectivity index (χ0n) is 24.6. The smallest absolute Gasteiger partial charge is 0.180 e. The van der Waals surface area contributed by atoms with E-state index in [0.717, 1.165) is 77.0 Å². The van der Waals surface area contributed by atoms with Crippen LogP contribution in [0.2, 0.25) is 0 Å². The molecule has 7 aromatic carbocycles. The van der Waals surface area contributed by atoms with Crippen LogP contribution in [0.3, 0.4) is 0 Å². The molecule has 0 aliphatic carbocycles. The largest absolute Gasteiger partial charge is 0.455 e. The van der Waals surface area contributed by atoms with E-state index in [-0.39, 0.29) is 0 Å². The van der Waals surface area contributed by atoms with Gasteiger partial charge in [-0.25, -0.2) is 9.97 Å². The number of para-hydroxylation sites is 1. The Morgan fingerprint density at radius 1 is 0.391 bits per heavy atom. The molecule has 4 nitrogen and oxygen atoms in total. The van der Waals surface area contributed by atoms with Crippen molar-refractivity contribution in [3.8, 4) is 33.8 Å². The topological polar surface area (TPSA) is 52.1 Å². The molecule has 3 aromatic heterocycles. The van der Waals surface area contributed by atoms with Crippen molar-refractivity contribution >= 4 is 65.6 Å². The molecule has 0 fully saturated rings. The van der Waals surface area contributed by atoms with E-state index in [0.29, 0.717) is 11.4 Å². The van der Waals surface area contributed by atoms with Crippen LogP contribution in [0.4, 0.5) is 0 Å². The highest BCUT2D eigenvalue weighted by Gasteiger charge is 2.21. The number of fused-ring (bicyclic) bond motifs is 9. The van der Waals surface area contributed by atoms with Crippen LogP contribution in [-0.2, 0) is 0 Å². The average Bonchev–Trinajstić information content (AvgIpc) is 3.69. The minimum absolute atomic E-state index is 0.647. The lowest BCUT2D eigenvalue weighted by atomic mass is 9.98. The predicted octanol–water partition coefficient (Wildman–Crippen LogP) is 11.6. The molecule has 10 aromatic rings.